The fraction of sp³-hybridized carbons (Fsp3) is 0.333. The Hall–Kier alpha value is -3.26. The molecule has 0 unspecified atom stereocenters. The zero-order chi connectivity index (χ0) is 20.1. The van der Waals surface area contributed by atoms with E-state index in [9.17, 15) is 0 Å². The van der Waals surface area contributed by atoms with Gasteiger partial charge in [-0.15, -0.1) is 5.10 Å². The average Bonchev–Trinajstić information content (AvgIpc) is 2.80. The molecule has 150 valence electrons. The Bertz CT molecular complexity index is 945. The summed E-state index contributed by atoms with van der Waals surface area (Å²) in [5.41, 5.74) is 2.82. The van der Waals surface area contributed by atoms with Gasteiger partial charge >= 0.3 is 0 Å². The minimum Gasteiger partial charge on any atom is -0.497 e. The van der Waals surface area contributed by atoms with Crippen LogP contribution in [0.1, 0.15) is 5.56 Å². The Balaban J connectivity index is 1.46. The van der Waals surface area contributed by atoms with Gasteiger partial charge < -0.3 is 14.4 Å². The number of anilines is 1. The van der Waals surface area contributed by atoms with Crippen LogP contribution in [0.15, 0.2) is 48.9 Å². The van der Waals surface area contributed by atoms with Crippen LogP contribution in [-0.4, -0.2) is 65.5 Å². The van der Waals surface area contributed by atoms with Crippen LogP contribution in [0.5, 0.6) is 11.5 Å². The molecule has 1 fully saturated rings. The molecule has 0 atom stereocenters. The average molecular weight is 392 g/mol. The van der Waals surface area contributed by atoms with Gasteiger partial charge in [0.25, 0.3) is 0 Å². The Labute approximate surface area is 170 Å². The fourth-order valence-electron chi connectivity index (χ4n) is 3.42. The highest BCUT2D eigenvalue weighted by atomic mass is 16.5. The first kappa shape index (κ1) is 19.1. The van der Waals surface area contributed by atoms with Crippen molar-refractivity contribution in [2.45, 2.75) is 6.54 Å². The number of pyridine rings is 1. The molecule has 2 aromatic heterocycles. The van der Waals surface area contributed by atoms with Crippen LogP contribution in [0.4, 0.5) is 5.95 Å². The fourth-order valence-corrected chi connectivity index (χ4v) is 3.42. The maximum Gasteiger partial charge on any atom is 0.245 e. The Morgan fingerprint density at radius 1 is 1.00 bits per heavy atom. The van der Waals surface area contributed by atoms with Crippen molar-refractivity contribution in [1.82, 2.24) is 25.1 Å². The molecule has 29 heavy (non-hydrogen) atoms. The summed E-state index contributed by atoms with van der Waals surface area (Å²) < 4.78 is 10.8. The van der Waals surface area contributed by atoms with Crippen LogP contribution < -0.4 is 14.4 Å². The summed E-state index contributed by atoms with van der Waals surface area (Å²) in [5.74, 6) is 2.07. The smallest absolute Gasteiger partial charge is 0.245 e. The molecule has 0 N–H and O–H groups in total. The quantitative estimate of drug-likeness (QED) is 0.632. The van der Waals surface area contributed by atoms with Gasteiger partial charge in [-0.05, 0) is 23.8 Å². The molecule has 0 radical (unpaired) electrons. The first-order valence-electron chi connectivity index (χ1n) is 9.55. The highest BCUT2D eigenvalue weighted by molar-refractivity contribution is 5.68. The second-order valence-electron chi connectivity index (χ2n) is 6.83. The first-order valence-corrected chi connectivity index (χ1v) is 9.55. The van der Waals surface area contributed by atoms with Crippen molar-refractivity contribution in [3.05, 3.63) is 54.5 Å². The summed E-state index contributed by atoms with van der Waals surface area (Å²) in [6.07, 6.45) is 5.38. The van der Waals surface area contributed by atoms with Crippen molar-refractivity contribution in [2.75, 3.05) is 45.3 Å². The van der Waals surface area contributed by atoms with E-state index in [1.807, 2.05) is 30.5 Å². The molecule has 1 aliphatic rings. The standard InChI is InChI=1S/C21H24N6O2/c1-28-17-5-6-18(20(12-17)29-2)19-14-23-25-21(24-19)27-10-8-26(9-11-27)15-16-4-3-7-22-13-16/h3-7,12-14H,8-11,15H2,1-2H3. The van der Waals surface area contributed by atoms with Crippen molar-refractivity contribution in [1.29, 1.82) is 0 Å². The molecular formula is C21H24N6O2. The lowest BCUT2D eigenvalue weighted by Gasteiger charge is -2.34. The number of benzene rings is 1. The monoisotopic (exact) mass is 392 g/mol. The third kappa shape index (κ3) is 4.43. The van der Waals surface area contributed by atoms with E-state index in [4.69, 9.17) is 14.5 Å². The molecule has 4 rings (SSSR count). The lowest BCUT2D eigenvalue weighted by Crippen LogP contribution is -2.46. The van der Waals surface area contributed by atoms with E-state index >= 15 is 0 Å². The summed E-state index contributed by atoms with van der Waals surface area (Å²) in [5, 5.41) is 8.44. The number of piperazine rings is 1. The van der Waals surface area contributed by atoms with E-state index < -0.39 is 0 Å². The maximum absolute atomic E-state index is 5.50. The molecule has 0 saturated carbocycles. The predicted octanol–water partition coefficient (Wildman–Crippen LogP) is 2.27. The largest absolute Gasteiger partial charge is 0.497 e. The molecule has 0 spiro atoms. The zero-order valence-electron chi connectivity index (χ0n) is 16.7. The summed E-state index contributed by atoms with van der Waals surface area (Å²) in [6, 6.07) is 9.74. The van der Waals surface area contributed by atoms with Gasteiger partial charge in [0.2, 0.25) is 5.95 Å². The number of rotatable bonds is 6. The molecule has 0 aliphatic carbocycles. The van der Waals surface area contributed by atoms with Crippen LogP contribution in [0.2, 0.25) is 0 Å². The SMILES string of the molecule is COc1ccc(-c2cnnc(N3CCN(Cc4cccnc4)CC3)n2)c(OC)c1. The van der Waals surface area contributed by atoms with E-state index in [0.29, 0.717) is 11.7 Å². The number of methoxy groups -OCH3 is 2. The molecular weight excluding hydrogens is 368 g/mol. The van der Waals surface area contributed by atoms with Crippen LogP contribution in [0.25, 0.3) is 11.3 Å². The molecule has 3 heterocycles. The topological polar surface area (TPSA) is 76.5 Å². The summed E-state index contributed by atoms with van der Waals surface area (Å²) >= 11 is 0. The van der Waals surface area contributed by atoms with Gasteiger partial charge in [-0.1, -0.05) is 6.07 Å². The van der Waals surface area contributed by atoms with Gasteiger partial charge in [0.15, 0.2) is 0 Å². The molecule has 0 bridgehead atoms. The van der Waals surface area contributed by atoms with E-state index in [-0.39, 0.29) is 0 Å². The van der Waals surface area contributed by atoms with Crippen molar-refractivity contribution < 1.29 is 9.47 Å². The summed E-state index contributed by atoms with van der Waals surface area (Å²) in [7, 11) is 3.27. The van der Waals surface area contributed by atoms with E-state index in [2.05, 4.69) is 31.0 Å². The molecule has 0 amide bonds. The van der Waals surface area contributed by atoms with Crippen molar-refractivity contribution >= 4 is 5.95 Å². The minimum absolute atomic E-state index is 0.640. The zero-order valence-corrected chi connectivity index (χ0v) is 16.7. The molecule has 3 aromatic rings. The van der Waals surface area contributed by atoms with Gasteiger partial charge in [-0.25, -0.2) is 4.98 Å². The predicted molar refractivity (Wildman–Crippen MR) is 110 cm³/mol. The highest BCUT2D eigenvalue weighted by Gasteiger charge is 2.20. The number of hydrogen-bond acceptors (Lipinski definition) is 8. The van der Waals surface area contributed by atoms with E-state index in [0.717, 1.165) is 49.7 Å². The molecule has 1 saturated heterocycles. The van der Waals surface area contributed by atoms with Gasteiger partial charge in [-0.3, -0.25) is 9.88 Å². The highest BCUT2D eigenvalue weighted by Crippen LogP contribution is 2.32. The van der Waals surface area contributed by atoms with Crippen molar-refractivity contribution in [2.24, 2.45) is 0 Å². The summed E-state index contributed by atoms with van der Waals surface area (Å²) in [4.78, 5) is 13.5. The third-order valence-corrected chi connectivity index (χ3v) is 5.02. The number of hydrogen-bond donors (Lipinski definition) is 0. The van der Waals surface area contributed by atoms with Crippen LogP contribution in [0.3, 0.4) is 0 Å². The molecule has 1 aliphatic heterocycles. The van der Waals surface area contributed by atoms with E-state index in [1.54, 1.807) is 26.6 Å². The van der Waals surface area contributed by atoms with Gasteiger partial charge in [0.05, 0.1) is 26.1 Å². The molecule has 1 aromatic carbocycles. The first-order chi connectivity index (χ1) is 14.3. The van der Waals surface area contributed by atoms with E-state index in [1.165, 1.54) is 5.56 Å². The van der Waals surface area contributed by atoms with Crippen LogP contribution in [-0.2, 0) is 6.54 Å². The Morgan fingerprint density at radius 2 is 1.86 bits per heavy atom. The van der Waals surface area contributed by atoms with Crippen molar-refractivity contribution in [3.8, 4) is 22.8 Å². The number of aromatic nitrogens is 4. The normalized spacial score (nSPS) is 14.6. The molecule has 8 heteroatoms. The third-order valence-electron chi connectivity index (χ3n) is 5.02. The second kappa shape index (κ2) is 8.83. The number of nitrogens with zero attached hydrogens (tertiary/aromatic N) is 6. The van der Waals surface area contributed by atoms with Crippen LogP contribution in [0, 0.1) is 0 Å². The van der Waals surface area contributed by atoms with Crippen LogP contribution >= 0.6 is 0 Å². The lowest BCUT2D eigenvalue weighted by atomic mass is 10.1. The minimum atomic E-state index is 0.640. The Morgan fingerprint density at radius 3 is 2.59 bits per heavy atom. The molecule has 8 nitrogen and oxygen atoms in total. The number of ether oxygens (including phenoxy) is 2. The second-order valence-corrected chi connectivity index (χ2v) is 6.83. The van der Waals surface area contributed by atoms with Gasteiger partial charge in [0, 0.05) is 56.7 Å². The Kier molecular flexibility index (Phi) is 5.81. The van der Waals surface area contributed by atoms with Crippen molar-refractivity contribution in [3.63, 3.8) is 0 Å². The maximum atomic E-state index is 5.50. The van der Waals surface area contributed by atoms with Gasteiger partial charge in [0.1, 0.15) is 11.5 Å². The summed E-state index contributed by atoms with van der Waals surface area (Å²) in [6.45, 7) is 4.49. The van der Waals surface area contributed by atoms with Gasteiger partial charge in [-0.2, -0.15) is 5.10 Å². The lowest BCUT2D eigenvalue weighted by molar-refractivity contribution is 0.248.